The first-order valence-electron chi connectivity index (χ1n) is 5.63. The molecule has 1 saturated heterocycles. The van der Waals surface area contributed by atoms with E-state index in [0.29, 0.717) is 0 Å². The molecule has 0 aromatic heterocycles. The Morgan fingerprint density at radius 1 is 1.40 bits per heavy atom. The second-order valence-electron chi connectivity index (χ2n) is 5.27. The predicted octanol–water partition coefficient (Wildman–Crippen LogP) is 2.16. The molecule has 1 aliphatic heterocycles. The summed E-state index contributed by atoms with van der Waals surface area (Å²) in [6.07, 6.45) is 1.67. The van der Waals surface area contributed by atoms with Crippen molar-refractivity contribution in [2.45, 2.75) is 57.7 Å². The molecule has 1 rings (SSSR count). The standard InChI is InChI=1S/C11H23NO2S/c1-8-5-6-9(14-10(8)13)7-12-15-11(2,3)4/h8-10,12-13H,5-7H2,1-4H3. The minimum Gasteiger partial charge on any atom is -0.368 e. The van der Waals surface area contributed by atoms with Crippen LogP contribution in [0.1, 0.15) is 40.5 Å². The molecule has 0 amide bonds. The van der Waals surface area contributed by atoms with E-state index in [-0.39, 0.29) is 16.8 Å². The summed E-state index contributed by atoms with van der Waals surface area (Å²) in [6, 6.07) is 0. The highest BCUT2D eigenvalue weighted by Gasteiger charge is 2.26. The normalized spacial score (nSPS) is 33.0. The fourth-order valence-corrected chi connectivity index (χ4v) is 2.19. The lowest BCUT2D eigenvalue weighted by Crippen LogP contribution is -2.38. The third-order valence-corrected chi connectivity index (χ3v) is 3.38. The van der Waals surface area contributed by atoms with E-state index in [1.54, 1.807) is 11.9 Å². The summed E-state index contributed by atoms with van der Waals surface area (Å²) in [5, 5.41) is 9.55. The Kier molecular flexibility index (Phi) is 4.90. The first-order valence-corrected chi connectivity index (χ1v) is 6.44. The summed E-state index contributed by atoms with van der Waals surface area (Å²) in [6.45, 7) is 9.35. The van der Waals surface area contributed by atoms with Gasteiger partial charge in [0.2, 0.25) is 0 Å². The van der Waals surface area contributed by atoms with Gasteiger partial charge in [-0.3, -0.25) is 4.72 Å². The van der Waals surface area contributed by atoms with Gasteiger partial charge >= 0.3 is 0 Å². The average molecular weight is 233 g/mol. The van der Waals surface area contributed by atoms with Crippen LogP contribution in [-0.4, -0.2) is 28.8 Å². The van der Waals surface area contributed by atoms with Crippen LogP contribution in [0.2, 0.25) is 0 Å². The van der Waals surface area contributed by atoms with Gasteiger partial charge in [-0.25, -0.2) is 0 Å². The van der Waals surface area contributed by atoms with Gasteiger partial charge in [-0.1, -0.05) is 18.9 Å². The number of aliphatic hydroxyl groups is 1. The molecule has 0 radical (unpaired) electrons. The van der Waals surface area contributed by atoms with Crippen LogP contribution in [0.3, 0.4) is 0 Å². The number of nitrogens with one attached hydrogen (secondary N) is 1. The topological polar surface area (TPSA) is 41.5 Å². The van der Waals surface area contributed by atoms with Gasteiger partial charge in [-0.05, 0) is 33.6 Å². The van der Waals surface area contributed by atoms with Crippen LogP contribution in [0.4, 0.5) is 0 Å². The molecule has 3 nitrogen and oxygen atoms in total. The van der Waals surface area contributed by atoms with E-state index in [1.165, 1.54) is 0 Å². The van der Waals surface area contributed by atoms with E-state index in [4.69, 9.17) is 4.74 Å². The molecule has 0 spiro atoms. The molecule has 15 heavy (non-hydrogen) atoms. The summed E-state index contributed by atoms with van der Waals surface area (Å²) in [7, 11) is 0. The zero-order valence-corrected chi connectivity index (χ0v) is 10.9. The van der Waals surface area contributed by atoms with Crippen LogP contribution >= 0.6 is 11.9 Å². The third kappa shape index (κ3) is 5.20. The van der Waals surface area contributed by atoms with Crippen molar-refractivity contribution >= 4 is 11.9 Å². The maximum absolute atomic E-state index is 9.55. The van der Waals surface area contributed by atoms with Crippen LogP contribution in [0.25, 0.3) is 0 Å². The van der Waals surface area contributed by atoms with E-state index in [9.17, 15) is 5.11 Å². The van der Waals surface area contributed by atoms with Crippen molar-refractivity contribution in [3.8, 4) is 0 Å². The Bertz CT molecular complexity index is 194. The van der Waals surface area contributed by atoms with Crippen LogP contribution in [0.15, 0.2) is 0 Å². The molecule has 0 saturated carbocycles. The molecule has 3 unspecified atom stereocenters. The third-order valence-electron chi connectivity index (χ3n) is 2.45. The van der Waals surface area contributed by atoms with Crippen LogP contribution in [-0.2, 0) is 4.74 Å². The van der Waals surface area contributed by atoms with Gasteiger partial charge in [0.15, 0.2) is 6.29 Å². The Morgan fingerprint density at radius 2 is 2.07 bits per heavy atom. The highest BCUT2D eigenvalue weighted by molar-refractivity contribution is 7.98. The average Bonchev–Trinajstić information content (AvgIpc) is 2.09. The van der Waals surface area contributed by atoms with Gasteiger partial charge in [0.25, 0.3) is 0 Å². The molecular formula is C11H23NO2S. The zero-order chi connectivity index (χ0) is 11.5. The van der Waals surface area contributed by atoms with Crippen molar-refractivity contribution in [1.29, 1.82) is 0 Å². The van der Waals surface area contributed by atoms with Crippen molar-refractivity contribution in [2.75, 3.05) is 6.54 Å². The maximum Gasteiger partial charge on any atom is 0.157 e. The Hall–Kier alpha value is 0.230. The van der Waals surface area contributed by atoms with E-state index < -0.39 is 6.29 Å². The van der Waals surface area contributed by atoms with Crippen molar-refractivity contribution in [3.63, 3.8) is 0 Å². The molecule has 1 aliphatic rings. The molecule has 90 valence electrons. The predicted molar refractivity (Wildman–Crippen MR) is 64.6 cm³/mol. The van der Waals surface area contributed by atoms with E-state index in [1.807, 2.05) is 6.92 Å². The lowest BCUT2D eigenvalue weighted by molar-refractivity contribution is -0.186. The summed E-state index contributed by atoms with van der Waals surface area (Å²) < 4.78 is 9.03. The van der Waals surface area contributed by atoms with E-state index >= 15 is 0 Å². The molecule has 0 aliphatic carbocycles. The molecule has 0 aromatic rings. The molecule has 1 fully saturated rings. The minimum absolute atomic E-state index is 0.158. The van der Waals surface area contributed by atoms with Gasteiger partial charge in [0, 0.05) is 17.2 Å². The number of rotatable bonds is 3. The number of aliphatic hydroxyl groups excluding tert-OH is 1. The fourth-order valence-electron chi connectivity index (χ4n) is 1.49. The summed E-state index contributed by atoms with van der Waals surface area (Å²) in [4.78, 5) is 0. The Balaban J connectivity index is 2.17. The number of ether oxygens (including phenoxy) is 1. The van der Waals surface area contributed by atoms with Crippen LogP contribution in [0, 0.1) is 5.92 Å². The molecule has 3 atom stereocenters. The number of hydrogen-bond donors (Lipinski definition) is 2. The zero-order valence-electron chi connectivity index (χ0n) is 10.1. The Morgan fingerprint density at radius 3 is 2.60 bits per heavy atom. The lowest BCUT2D eigenvalue weighted by atomic mass is 9.99. The summed E-state index contributed by atoms with van der Waals surface area (Å²) >= 11 is 1.72. The Labute approximate surface area is 97.1 Å². The van der Waals surface area contributed by atoms with Crippen LogP contribution < -0.4 is 4.72 Å². The van der Waals surface area contributed by atoms with Crippen molar-refractivity contribution in [3.05, 3.63) is 0 Å². The fraction of sp³-hybridized carbons (Fsp3) is 1.00. The quantitative estimate of drug-likeness (QED) is 0.733. The molecule has 0 bridgehead atoms. The summed E-state index contributed by atoms with van der Waals surface area (Å²) in [5.74, 6) is 0.275. The van der Waals surface area contributed by atoms with E-state index in [2.05, 4.69) is 25.5 Å². The monoisotopic (exact) mass is 233 g/mol. The first-order chi connectivity index (χ1) is 6.88. The smallest absolute Gasteiger partial charge is 0.157 e. The van der Waals surface area contributed by atoms with Gasteiger partial charge in [-0.15, -0.1) is 0 Å². The van der Waals surface area contributed by atoms with Gasteiger partial charge < -0.3 is 9.84 Å². The van der Waals surface area contributed by atoms with Crippen molar-refractivity contribution in [1.82, 2.24) is 4.72 Å². The molecular weight excluding hydrogens is 210 g/mol. The van der Waals surface area contributed by atoms with Crippen molar-refractivity contribution in [2.24, 2.45) is 5.92 Å². The highest BCUT2D eigenvalue weighted by Crippen LogP contribution is 2.24. The SMILES string of the molecule is CC1CCC(CNSC(C)(C)C)OC1O. The molecule has 2 N–H and O–H groups in total. The van der Waals surface area contributed by atoms with Crippen molar-refractivity contribution < 1.29 is 9.84 Å². The molecule has 0 aromatic carbocycles. The second-order valence-corrected chi connectivity index (χ2v) is 6.98. The van der Waals surface area contributed by atoms with E-state index in [0.717, 1.165) is 19.4 Å². The lowest BCUT2D eigenvalue weighted by Gasteiger charge is -2.32. The van der Waals surface area contributed by atoms with Gasteiger partial charge in [0.05, 0.1) is 6.10 Å². The first kappa shape index (κ1) is 13.3. The van der Waals surface area contributed by atoms with Gasteiger partial charge in [0.1, 0.15) is 0 Å². The largest absolute Gasteiger partial charge is 0.368 e. The summed E-state index contributed by atoms with van der Waals surface area (Å²) in [5.41, 5.74) is 0. The maximum atomic E-state index is 9.55. The number of hydrogen-bond acceptors (Lipinski definition) is 4. The second kappa shape index (κ2) is 5.53. The van der Waals surface area contributed by atoms with Crippen LogP contribution in [0.5, 0.6) is 0 Å². The van der Waals surface area contributed by atoms with Gasteiger partial charge in [-0.2, -0.15) is 0 Å². The minimum atomic E-state index is -0.579. The molecule has 1 heterocycles. The highest BCUT2D eigenvalue weighted by atomic mass is 32.2. The molecule has 4 heteroatoms.